The number of fused-ring (bicyclic) bond motifs is 3. The van der Waals surface area contributed by atoms with Crippen molar-refractivity contribution >= 4 is 16.7 Å². The van der Waals surface area contributed by atoms with Gasteiger partial charge < -0.3 is 4.74 Å². The van der Waals surface area contributed by atoms with Crippen molar-refractivity contribution in [3.63, 3.8) is 0 Å². The molecule has 1 aromatic carbocycles. The van der Waals surface area contributed by atoms with Crippen molar-refractivity contribution in [3.05, 3.63) is 64.0 Å². The molecule has 25 heavy (non-hydrogen) atoms. The molecule has 0 spiro atoms. The summed E-state index contributed by atoms with van der Waals surface area (Å²) in [5, 5.41) is 4.86. The summed E-state index contributed by atoms with van der Waals surface area (Å²) in [6.07, 6.45) is 3.31. The Hall–Kier alpha value is -3.06. The van der Waals surface area contributed by atoms with E-state index in [1.165, 1.54) is 5.56 Å². The van der Waals surface area contributed by atoms with Gasteiger partial charge in [0.1, 0.15) is 6.61 Å². The van der Waals surface area contributed by atoms with Gasteiger partial charge in [-0.3, -0.25) is 9.36 Å². The lowest BCUT2D eigenvalue weighted by Gasteiger charge is -2.09. The van der Waals surface area contributed by atoms with Gasteiger partial charge in [-0.25, -0.2) is 4.98 Å². The predicted octanol–water partition coefficient (Wildman–Crippen LogP) is 2.19. The SMILES string of the molecule is COCc1nc2ncc3c(=O)n(-c4ccc(C)c(C)c4)ccc3n2n1. The molecule has 0 bridgehead atoms. The molecule has 7 nitrogen and oxygen atoms in total. The molecule has 0 aliphatic rings. The van der Waals surface area contributed by atoms with E-state index in [1.54, 1.807) is 28.6 Å². The number of aromatic nitrogens is 5. The van der Waals surface area contributed by atoms with E-state index in [4.69, 9.17) is 4.74 Å². The summed E-state index contributed by atoms with van der Waals surface area (Å²) in [5.74, 6) is 0.976. The van der Waals surface area contributed by atoms with Crippen LogP contribution >= 0.6 is 0 Å². The normalized spacial score (nSPS) is 11.5. The van der Waals surface area contributed by atoms with Crippen LogP contribution in [0.3, 0.4) is 0 Å². The standard InChI is InChI=1S/C18H17N5O2/c1-11-4-5-13(8-12(11)2)22-7-6-15-14(17(22)24)9-19-18-20-16(10-25-3)21-23(15)18/h4-9H,10H2,1-3H3. The maximum absolute atomic E-state index is 12.9. The summed E-state index contributed by atoms with van der Waals surface area (Å²) >= 11 is 0. The molecule has 0 unspecified atom stereocenters. The van der Waals surface area contributed by atoms with Crippen molar-refractivity contribution in [1.82, 2.24) is 24.1 Å². The van der Waals surface area contributed by atoms with E-state index in [-0.39, 0.29) is 5.56 Å². The summed E-state index contributed by atoms with van der Waals surface area (Å²) in [4.78, 5) is 21.5. The van der Waals surface area contributed by atoms with E-state index in [0.717, 1.165) is 11.3 Å². The predicted molar refractivity (Wildman–Crippen MR) is 94.1 cm³/mol. The number of nitrogens with zero attached hydrogens (tertiary/aromatic N) is 5. The summed E-state index contributed by atoms with van der Waals surface area (Å²) < 4.78 is 8.26. The first-order chi connectivity index (χ1) is 12.1. The van der Waals surface area contributed by atoms with Gasteiger partial charge in [0.2, 0.25) is 0 Å². The third kappa shape index (κ3) is 2.49. The summed E-state index contributed by atoms with van der Waals surface area (Å²) in [6.45, 7) is 4.37. The fourth-order valence-corrected chi connectivity index (χ4v) is 2.83. The maximum atomic E-state index is 12.9. The Labute approximate surface area is 143 Å². The fourth-order valence-electron chi connectivity index (χ4n) is 2.83. The highest BCUT2D eigenvalue weighted by Crippen LogP contribution is 2.15. The molecule has 0 atom stereocenters. The number of ether oxygens (including phenoxy) is 1. The van der Waals surface area contributed by atoms with Crippen LogP contribution in [0, 0.1) is 13.8 Å². The average molecular weight is 335 g/mol. The van der Waals surface area contributed by atoms with Crippen LogP contribution in [0.1, 0.15) is 17.0 Å². The second-order valence-electron chi connectivity index (χ2n) is 5.99. The van der Waals surface area contributed by atoms with Gasteiger partial charge in [0.15, 0.2) is 5.82 Å². The first-order valence-electron chi connectivity index (χ1n) is 7.91. The Kier molecular flexibility index (Phi) is 3.58. The highest BCUT2D eigenvalue weighted by atomic mass is 16.5. The van der Waals surface area contributed by atoms with Gasteiger partial charge in [0.05, 0.1) is 10.9 Å². The van der Waals surface area contributed by atoms with Crippen molar-refractivity contribution in [2.24, 2.45) is 0 Å². The summed E-state index contributed by atoms with van der Waals surface area (Å²) in [5.41, 5.74) is 3.69. The van der Waals surface area contributed by atoms with E-state index < -0.39 is 0 Å². The molecule has 0 N–H and O–H groups in total. The van der Waals surface area contributed by atoms with Crippen LogP contribution in [0.25, 0.3) is 22.4 Å². The lowest BCUT2D eigenvalue weighted by molar-refractivity contribution is 0.178. The Morgan fingerprint density at radius 1 is 1.16 bits per heavy atom. The van der Waals surface area contributed by atoms with Gasteiger partial charge in [-0.2, -0.15) is 9.50 Å². The third-order valence-corrected chi connectivity index (χ3v) is 4.32. The average Bonchev–Trinajstić information content (AvgIpc) is 3.01. The van der Waals surface area contributed by atoms with Crippen LogP contribution in [0.15, 0.2) is 41.5 Å². The Bertz CT molecular complexity index is 1160. The number of aryl methyl sites for hydroxylation is 2. The number of rotatable bonds is 3. The number of hydrogen-bond donors (Lipinski definition) is 0. The highest BCUT2D eigenvalue weighted by molar-refractivity contribution is 5.79. The van der Waals surface area contributed by atoms with Gasteiger partial charge in [0, 0.05) is 25.2 Å². The molecule has 0 aliphatic carbocycles. The Morgan fingerprint density at radius 2 is 2.00 bits per heavy atom. The number of pyridine rings is 1. The number of hydrogen-bond acceptors (Lipinski definition) is 5. The molecule has 3 aromatic heterocycles. The third-order valence-electron chi connectivity index (χ3n) is 4.32. The first-order valence-corrected chi connectivity index (χ1v) is 7.91. The van der Waals surface area contributed by atoms with Crippen LogP contribution in [-0.2, 0) is 11.3 Å². The second kappa shape index (κ2) is 5.78. The quantitative estimate of drug-likeness (QED) is 0.574. The topological polar surface area (TPSA) is 74.3 Å². The molecule has 126 valence electrons. The molecule has 3 heterocycles. The van der Waals surface area contributed by atoms with E-state index in [2.05, 4.69) is 15.1 Å². The van der Waals surface area contributed by atoms with Crippen molar-refractivity contribution in [2.45, 2.75) is 20.5 Å². The molecule has 0 fully saturated rings. The maximum Gasteiger partial charge on any atom is 0.266 e. The molecule has 4 rings (SSSR count). The fraction of sp³-hybridized carbons (Fsp3) is 0.222. The van der Waals surface area contributed by atoms with Gasteiger partial charge in [-0.1, -0.05) is 6.07 Å². The van der Waals surface area contributed by atoms with Crippen LogP contribution in [0.2, 0.25) is 0 Å². The summed E-state index contributed by atoms with van der Waals surface area (Å²) in [7, 11) is 1.58. The lowest BCUT2D eigenvalue weighted by atomic mass is 10.1. The molecule has 4 aromatic rings. The van der Waals surface area contributed by atoms with Gasteiger partial charge in [0.25, 0.3) is 11.3 Å². The van der Waals surface area contributed by atoms with Crippen LogP contribution in [0.5, 0.6) is 0 Å². The first kappa shape index (κ1) is 15.5. The number of benzene rings is 1. The zero-order chi connectivity index (χ0) is 17.6. The van der Waals surface area contributed by atoms with Crippen molar-refractivity contribution in [1.29, 1.82) is 0 Å². The van der Waals surface area contributed by atoms with E-state index in [1.807, 2.05) is 38.1 Å². The van der Waals surface area contributed by atoms with Gasteiger partial charge in [-0.05, 0) is 43.2 Å². The minimum atomic E-state index is -0.140. The molecule has 0 aliphatic heterocycles. The van der Waals surface area contributed by atoms with E-state index in [0.29, 0.717) is 29.1 Å². The minimum Gasteiger partial charge on any atom is -0.377 e. The summed E-state index contributed by atoms with van der Waals surface area (Å²) in [6, 6.07) is 7.80. The van der Waals surface area contributed by atoms with E-state index >= 15 is 0 Å². The molecule has 0 saturated carbocycles. The van der Waals surface area contributed by atoms with Crippen LogP contribution < -0.4 is 5.56 Å². The largest absolute Gasteiger partial charge is 0.377 e. The number of methoxy groups -OCH3 is 1. The molecular formula is C18H17N5O2. The van der Waals surface area contributed by atoms with Gasteiger partial charge >= 0.3 is 0 Å². The van der Waals surface area contributed by atoms with Crippen molar-refractivity contribution < 1.29 is 4.74 Å². The molecule has 0 amide bonds. The zero-order valence-electron chi connectivity index (χ0n) is 14.2. The second-order valence-corrected chi connectivity index (χ2v) is 5.99. The molecular weight excluding hydrogens is 318 g/mol. The minimum absolute atomic E-state index is 0.140. The molecule has 0 radical (unpaired) electrons. The Balaban J connectivity index is 1.94. The van der Waals surface area contributed by atoms with Gasteiger partial charge in [-0.15, -0.1) is 5.10 Å². The Morgan fingerprint density at radius 3 is 2.76 bits per heavy atom. The zero-order valence-corrected chi connectivity index (χ0v) is 14.2. The van der Waals surface area contributed by atoms with Crippen molar-refractivity contribution in [2.75, 3.05) is 7.11 Å². The van der Waals surface area contributed by atoms with Crippen LogP contribution in [-0.4, -0.2) is 31.3 Å². The molecule has 7 heteroatoms. The monoisotopic (exact) mass is 335 g/mol. The lowest BCUT2D eigenvalue weighted by Crippen LogP contribution is -2.19. The van der Waals surface area contributed by atoms with E-state index in [9.17, 15) is 4.79 Å². The highest BCUT2D eigenvalue weighted by Gasteiger charge is 2.12. The molecule has 0 saturated heterocycles. The van der Waals surface area contributed by atoms with Crippen LogP contribution in [0.4, 0.5) is 0 Å². The smallest absolute Gasteiger partial charge is 0.266 e. The van der Waals surface area contributed by atoms with Crippen molar-refractivity contribution in [3.8, 4) is 5.69 Å².